The van der Waals surface area contributed by atoms with Gasteiger partial charge in [0.25, 0.3) is 0 Å². The minimum Gasteiger partial charge on any atom is -0.486 e. The van der Waals surface area contributed by atoms with Crippen molar-refractivity contribution in [3.05, 3.63) is 71.5 Å². The SMILES string of the molecule is CCc1ccc(OCc2nnc(SCC(=O)N3CCCCCC3)n2C(C)c2ccccc2)cc1. The van der Waals surface area contributed by atoms with Gasteiger partial charge in [0.05, 0.1) is 11.8 Å². The topological polar surface area (TPSA) is 60.3 Å². The van der Waals surface area contributed by atoms with E-state index in [-0.39, 0.29) is 11.9 Å². The van der Waals surface area contributed by atoms with Crippen LogP contribution in [0.5, 0.6) is 5.75 Å². The van der Waals surface area contributed by atoms with E-state index in [0.717, 1.165) is 54.6 Å². The first kappa shape index (κ1) is 24.3. The van der Waals surface area contributed by atoms with E-state index in [4.69, 9.17) is 4.74 Å². The van der Waals surface area contributed by atoms with E-state index >= 15 is 0 Å². The monoisotopic (exact) mass is 478 g/mol. The first-order valence-corrected chi connectivity index (χ1v) is 13.2. The minimum atomic E-state index is 0.0213. The Labute approximate surface area is 206 Å². The summed E-state index contributed by atoms with van der Waals surface area (Å²) >= 11 is 1.47. The highest BCUT2D eigenvalue weighted by Crippen LogP contribution is 2.27. The van der Waals surface area contributed by atoms with Gasteiger partial charge in [-0.15, -0.1) is 10.2 Å². The molecule has 7 heteroatoms. The number of hydrogen-bond donors (Lipinski definition) is 0. The Bertz CT molecular complexity index is 1040. The number of aromatic nitrogens is 3. The number of rotatable bonds is 9. The molecular weight excluding hydrogens is 444 g/mol. The summed E-state index contributed by atoms with van der Waals surface area (Å²) in [6.45, 7) is 6.32. The van der Waals surface area contributed by atoms with E-state index in [2.05, 4.69) is 52.9 Å². The first-order valence-electron chi connectivity index (χ1n) is 12.3. The standard InChI is InChI=1S/C27H34N4O2S/c1-3-22-13-15-24(16-14-22)33-19-25-28-29-27(31(25)21(2)23-11-7-6-8-12-23)34-20-26(32)30-17-9-4-5-10-18-30/h6-8,11-16,21H,3-5,9-10,17-20H2,1-2H3. The fourth-order valence-electron chi connectivity index (χ4n) is 4.28. The average molecular weight is 479 g/mol. The fourth-order valence-corrected chi connectivity index (χ4v) is 5.22. The van der Waals surface area contributed by atoms with Gasteiger partial charge in [-0.3, -0.25) is 9.36 Å². The van der Waals surface area contributed by atoms with E-state index in [9.17, 15) is 4.79 Å². The lowest BCUT2D eigenvalue weighted by Gasteiger charge is -2.21. The molecule has 0 aliphatic carbocycles. The van der Waals surface area contributed by atoms with Crippen LogP contribution in [0.15, 0.2) is 59.8 Å². The van der Waals surface area contributed by atoms with Crippen LogP contribution in [0, 0.1) is 0 Å². The van der Waals surface area contributed by atoms with E-state index in [1.807, 2.05) is 35.2 Å². The third kappa shape index (κ3) is 6.20. The van der Waals surface area contributed by atoms with E-state index in [0.29, 0.717) is 12.4 Å². The van der Waals surface area contributed by atoms with Crippen LogP contribution >= 0.6 is 11.8 Å². The molecule has 1 aliphatic rings. The van der Waals surface area contributed by atoms with Crippen molar-refractivity contribution in [3.63, 3.8) is 0 Å². The number of nitrogens with zero attached hydrogens (tertiary/aromatic N) is 4. The molecule has 2 aromatic carbocycles. The van der Waals surface area contributed by atoms with Gasteiger partial charge in [0.1, 0.15) is 12.4 Å². The van der Waals surface area contributed by atoms with Crippen molar-refractivity contribution >= 4 is 17.7 Å². The van der Waals surface area contributed by atoms with Crippen molar-refractivity contribution in [2.24, 2.45) is 0 Å². The van der Waals surface area contributed by atoms with Crippen LogP contribution in [-0.2, 0) is 17.8 Å². The van der Waals surface area contributed by atoms with Crippen molar-refractivity contribution in [2.75, 3.05) is 18.8 Å². The zero-order valence-corrected chi connectivity index (χ0v) is 21.0. The molecule has 4 rings (SSSR count). The highest BCUT2D eigenvalue weighted by atomic mass is 32.2. The number of aryl methyl sites for hydroxylation is 1. The van der Waals surface area contributed by atoms with Crippen molar-refractivity contribution < 1.29 is 9.53 Å². The maximum Gasteiger partial charge on any atom is 0.233 e. The van der Waals surface area contributed by atoms with Gasteiger partial charge in [0.2, 0.25) is 5.91 Å². The molecule has 1 atom stereocenters. The Balaban J connectivity index is 1.50. The molecule has 0 saturated carbocycles. The highest BCUT2D eigenvalue weighted by molar-refractivity contribution is 7.99. The van der Waals surface area contributed by atoms with E-state index in [1.54, 1.807) is 0 Å². The van der Waals surface area contributed by atoms with Crippen molar-refractivity contribution in [1.82, 2.24) is 19.7 Å². The van der Waals surface area contributed by atoms with Crippen LogP contribution in [0.25, 0.3) is 0 Å². The van der Waals surface area contributed by atoms with Crippen LogP contribution in [-0.4, -0.2) is 44.4 Å². The molecule has 0 spiro atoms. The summed E-state index contributed by atoms with van der Waals surface area (Å²) in [6.07, 6.45) is 5.62. The number of likely N-dealkylation sites (tertiary alicyclic amines) is 1. The largest absolute Gasteiger partial charge is 0.486 e. The van der Waals surface area contributed by atoms with Crippen molar-refractivity contribution in [3.8, 4) is 5.75 Å². The number of carbonyl (C=O) groups excluding carboxylic acids is 1. The Morgan fingerprint density at radius 2 is 1.71 bits per heavy atom. The van der Waals surface area contributed by atoms with Gasteiger partial charge < -0.3 is 9.64 Å². The smallest absolute Gasteiger partial charge is 0.233 e. The average Bonchev–Trinajstić information content (AvgIpc) is 3.09. The fraction of sp³-hybridized carbons (Fsp3) is 0.444. The number of carbonyl (C=O) groups is 1. The zero-order chi connectivity index (χ0) is 23.8. The molecule has 0 radical (unpaired) electrons. The Morgan fingerprint density at radius 1 is 1.00 bits per heavy atom. The number of benzene rings is 2. The molecule has 2 heterocycles. The predicted octanol–water partition coefficient (Wildman–Crippen LogP) is 5.52. The number of amides is 1. The third-order valence-electron chi connectivity index (χ3n) is 6.39. The number of thioether (sulfide) groups is 1. The van der Waals surface area contributed by atoms with E-state index < -0.39 is 0 Å². The second-order valence-corrected chi connectivity index (χ2v) is 9.67. The molecule has 6 nitrogen and oxygen atoms in total. The van der Waals surface area contributed by atoms with Crippen LogP contribution < -0.4 is 4.74 Å². The third-order valence-corrected chi connectivity index (χ3v) is 7.32. The lowest BCUT2D eigenvalue weighted by atomic mass is 10.1. The van der Waals surface area contributed by atoms with Crippen LogP contribution in [0.2, 0.25) is 0 Å². The molecular formula is C27H34N4O2S. The molecule has 1 fully saturated rings. The van der Waals surface area contributed by atoms with Gasteiger partial charge in [-0.25, -0.2) is 0 Å². The molecule has 180 valence electrons. The summed E-state index contributed by atoms with van der Waals surface area (Å²) < 4.78 is 8.17. The van der Waals surface area contributed by atoms with Gasteiger partial charge in [-0.2, -0.15) is 0 Å². The van der Waals surface area contributed by atoms with Gasteiger partial charge in [0, 0.05) is 13.1 Å². The molecule has 34 heavy (non-hydrogen) atoms. The van der Waals surface area contributed by atoms with Gasteiger partial charge >= 0.3 is 0 Å². The molecule has 3 aromatic rings. The van der Waals surface area contributed by atoms with Crippen LogP contribution in [0.4, 0.5) is 0 Å². The Morgan fingerprint density at radius 3 is 2.38 bits per heavy atom. The molecule has 1 aromatic heterocycles. The zero-order valence-electron chi connectivity index (χ0n) is 20.2. The van der Waals surface area contributed by atoms with Gasteiger partial charge in [0.15, 0.2) is 11.0 Å². The van der Waals surface area contributed by atoms with Crippen LogP contribution in [0.3, 0.4) is 0 Å². The molecule has 1 saturated heterocycles. The number of ether oxygens (including phenoxy) is 1. The highest BCUT2D eigenvalue weighted by Gasteiger charge is 2.22. The van der Waals surface area contributed by atoms with Crippen LogP contribution in [0.1, 0.15) is 62.5 Å². The maximum absolute atomic E-state index is 12.9. The summed E-state index contributed by atoms with van der Waals surface area (Å²) in [5.74, 6) is 2.12. The molecule has 1 aliphatic heterocycles. The maximum atomic E-state index is 12.9. The van der Waals surface area contributed by atoms with Gasteiger partial charge in [-0.05, 0) is 49.4 Å². The Hall–Kier alpha value is -2.80. The predicted molar refractivity (Wildman–Crippen MR) is 136 cm³/mol. The van der Waals surface area contributed by atoms with Crippen molar-refractivity contribution in [2.45, 2.75) is 63.8 Å². The van der Waals surface area contributed by atoms with Crippen molar-refractivity contribution in [1.29, 1.82) is 0 Å². The number of hydrogen-bond acceptors (Lipinski definition) is 5. The molecule has 0 bridgehead atoms. The molecule has 0 N–H and O–H groups in total. The normalized spacial score (nSPS) is 15.1. The minimum absolute atomic E-state index is 0.0213. The van der Waals surface area contributed by atoms with Gasteiger partial charge in [-0.1, -0.05) is 74.0 Å². The first-order chi connectivity index (χ1) is 16.7. The Kier molecular flexibility index (Phi) is 8.63. The lowest BCUT2D eigenvalue weighted by molar-refractivity contribution is -0.128. The van der Waals surface area contributed by atoms with E-state index in [1.165, 1.54) is 30.2 Å². The second kappa shape index (κ2) is 12.1. The molecule has 1 amide bonds. The summed E-state index contributed by atoms with van der Waals surface area (Å²) in [6, 6.07) is 18.5. The summed E-state index contributed by atoms with van der Waals surface area (Å²) in [7, 11) is 0. The lowest BCUT2D eigenvalue weighted by Crippen LogP contribution is -2.33. The summed E-state index contributed by atoms with van der Waals surface area (Å²) in [5, 5.41) is 9.67. The second-order valence-electron chi connectivity index (χ2n) is 8.73. The molecule has 1 unspecified atom stereocenters. The summed E-state index contributed by atoms with van der Waals surface area (Å²) in [4.78, 5) is 14.9. The summed E-state index contributed by atoms with van der Waals surface area (Å²) in [5.41, 5.74) is 2.44. The quantitative estimate of drug-likeness (QED) is 0.379.